The van der Waals surface area contributed by atoms with Crippen molar-refractivity contribution < 1.29 is 19.1 Å². The molecule has 0 fully saturated rings. The number of ketones is 1. The summed E-state index contributed by atoms with van der Waals surface area (Å²) in [7, 11) is 0. The van der Waals surface area contributed by atoms with E-state index >= 15 is 0 Å². The predicted molar refractivity (Wildman–Crippen MR) is 148 cm³/mol. The average molecular weight is 637 g/mol. The van der Waals surface area contributed by atoms with E-state index in [1.54, 1.807) is 49.4 Å². The van der Waals surface area contributed by atoms with Crippen molar-refractivity contribution in [3.63, 3.8) is 0 Å². The maximum Gasteiger partial charge on any atom is 0.296 e. The lowest BCUT2D eigenvalue weighted by molar-refractivity contribution is -0.117. The van der Waals surface area contributed by atoms with E-state index in [4.69, 9.17) is 27.6 Å². The van der Waals surface area contributed by atoms with Gasteiger partial charge < -0.3 is 9.52 Å². The number of carbonyl (C=O) groups is 2. The third-order valence-electron chi connectivity index (χ3n) is 5.57. The van der Waals surface area contributed by atoms with Crippen LogP contribution in [-0.2, 0) is 10.5 Å². The minimum Gasteiger partial charge on any atom is -0.503 e. The third-order valence-corrected chi connectivity index (χ3v) is 8.79. The van der Waals surface area contributed by atoms with Gasteiger partial charge in [0, 0.05) is 20.3 Å². The quantitative estimate of drug-likeness (QED) is 0.127. The number of amides is 1. The highest BCUT2D eigenvalue weighted by Gasteiger charge is 2.46. The lowest BCUT2D eigenvalue weighted by Crippen LogP contribution is -2.31. The average Bonchev–Trinajstić information content (AvgIpc) is 3.57. The first-order valence-corrected chi connectivity index (χ1v) is 14.1. The highest BCUT2D eigenvalue weighted by atomic mass is 79.9. The van der Waals surface area contributed by atoms with Crippen molar-refractivity contribution >= 4 is 79.1 Å². The molecule has 0 aliphatic carbocycles. The summed E-state index contributed by atoms with van der Waals surface area (Å²) in [5.74, 6) is -0.886. The number of halogens is 3. The van der Waals surface area contributed by atoms with Crippen molar-refractivity contribution in [2.75, 3.05) is 4.90 Å². The number of anilines is 1. The summed E-state index contributed by atoms with van der Waals surface area (Å²) in [5.41, 5.74) is 1.40. The lowest BCUT2D eigenvalue weighted by atomic mass is 9.95. The first-order chi connectivity index (χ1) is 17.7. The van der Waals surface area contributed by atoms with Gasteiger partial charge in [-0.05, 0) is 54.4 Å². The number of hydrogen-bond acceptors (Lipinski definition) is 8. The molecule has 7 nitrogen and oxygen atoms in total. The summed E-state index contributed by atoms with van der Waals surface area (Å²) >= 11 is 18.2. The molecule has 37 heavy (non-hydrogen) atoms. The van der Waals surface area contributed by atoms with Gasteiger partial charge in [0.2, 0.25) is 10.9 Å². The van der Waals surface area contributed by atoms with Crippen LogP contribution in [0.2, 0.25) is 10.0 Å². The van der Waals surface area contributed by atoms with E-state index in [9.17, 15) is 14.7 Å². The number of aryl methyl sites for hydroxylation is 1. The molecule has 188 valence electrons. The van der Waals surface area contributed by atoms with Gasteiger partial charge in [0.05, 0.1) is 11.6 Å². The molecule has 1 N–H and O–H groups in total. The maximum absolute atomic E-state index is 13.4. The van der Waals surface area contributed by atoms with E-state index in [0.29, 0.717) is 31.5 Å². The number of furan rings is 1. The van der Waals surface area contributed by atoms with Gasteiger partial charge in [-0.25, -0.2) is 0 Å². The summed E-state index contributed by atoms with van der Waals surface area (Å²) in [6, 6.07) is 14.6. The Morgan fingerprint density at radius 3 is 2.59 bits per heavy atom. The molecule has 1 aliphatic rings. The summed E-state index contributed by atoms with van der Waals surface area (Å²) in [4.78, 5) is 28.0. The minimum absolute atomic E-state index is 0.0316. The molecule has 12 heteroatoms. The minimum atomic E-state index is -0.921. The Kier molecular flexibility index (Phi) is 7.46. The molecule has 1 unspecified atom stereocenters. The fraction of sp³-hybridized carbons (Fsp3) is 0.120. The van der Waals surface area contributed by atoms with Crippen molar-refractivity contribution in [1.29, 1.82) is 0 Å². The highest BCUT2D eigenvalue weighted by Crippen LogP contribution is 2.44. The van der Waals surface area contributed by atoms with Crippen molar-refractivity contribution in [3.8, 4) is 0 Å². The number of benzene rings is 2. The van der Waals surface area contributed by atoms with Crippen molar-refractivity contribution in [2.45, 2.75) is 23.1 Å². The zero-order chi connectivity index (χ0) is 26.3. The Morgan fingerprint density at radius 1 is 1.16 bits per heavy atom. The predicted octanol–water partition coefficient (Wildman–Crippen LogP) is 7.58. The number of thioether (sulfide) groups is 1. The van der Waals surface area contributed by atoms with Gasteiger partial charge in [-0.15, -0.1) is 10.2 Å². The molecule has 2 aromatic carbocycles. The Labute approximate surface area is 238 Å². The smallest absolute Gasteiger partial charge is 0.296 e. The molecule has 1 aliphatic heterocycles. The molecule has 1 atom stereocenters. The maximum atomic E-state index is 13.4. The van der Waals surface area contributed by atoms with Crippen LogP contribution in [0.4, 0.5) is 5.13 Å². The van der Waals surface area contributed by atoms with Crippen LogP contribution >= 0.6 is 62.2 Å². The summed E-state index contributed by atoms with van der Waals surface area (Å²) in [6.45, 7) is 1.71. The van der Waals surface area contributed by atoms with Crippen molar-refractivity contribution in [1.82, 2.24) is 10.2 Å². The number of carbonyl (C=O) groups excluding carboxylic acids is 2. The molecule has 0 bridgehead atoms. The molecule has 2 aromatic heterocycles. The Balaban J connectivity index is 1.48. The number of rotatable bonds is 7. The molecule has 0 saturated carbocycles. The van der Waals surface area contributed by atoms with E-state index < -0.39 is 23.5 Å². The second kappa shape index (κ2) is 10.6. The molecular formula is C25H16BrCl2N3O4S2. The number of Topliss-reactive ketones (excluding diaryl/α,β-unsaturated/α-hetero) is 1. The molecule has 0 spiro atoms. The molecule has 0 radical (unpaired) electrons. The summed E-state index contributed by atoms with van der Waals surface area (Å²) in [5, 5.41) is 20.6. The van der Waals surface area contributed by atoms with Crippen LogP contribution < -0.4 is 4.90 Å². The Hall–Kier alpha value is -2.63. The third kappa shape index (κ3) is 5.21. The van der Waals surface area contributed by atoms with Gasteiger partial charge >= 0.3 is 0 Å². The van der Waals surface area contributed by atoms with E-state index in [1.165, 1.54) is 34.1 Å². The SMILES string of the molecule is Cc1ccc(C(=O)C2=C(O)C(=O)N(c3nnc(SCc4ccc(Cl)cc4Cl)s3)C2c2ccc(Br)cc2)o1. The van der Waals surface area contributed by atoms with Gasteiger partial charge in [-0.1, -0.05) is 80.4 Å². The molecule has 4 aromatic rings. The highest BCUT2D eigenvalue weighted by molar-refractivity contribution is 9.10. The number of hydrogen-bond donors (Lipinski definition) is 1. The van der Waals surface area contributed by atoms with Gasteiger partial charge in [0.1, 0.15) is 5.76 Å². The van der Waals surface area contributed by atoms with E-state index in [0.717, 1.165) is 10.0 Å². The van der Waals surface area contributed by atoms with Crippen LogP contribution in [-0.4, -0.2) is 27.0 Å². The summed E-state index contributed by atoms with van der Waals surface area (Å²) < 4.78 is 6.91. The van der Waals surface area contributed by atoms with E-state index in [1.807, 2.05) is 6.07 Å². The van der Waals surface area contributed by atoms with Crippen LogP contribution in [0.15, 0.2) is 79.2 Å². The number of aliphatic hydroxyl groups excluding tert-OH is 1. The fourth-order valence-corrected chi connectivity index (χ4v) is 6.51. The number of aliphatic hydroxyl groups is 1. The van der Waals surface area contributed by atoms with Crippen LogP contribution in [0.25, 0.3) is 0 Å². The topological polar surface area (TPSA) is 96.5 Å². The van der Waals surface area contributed by atoms with Gasteiger partial charge in [-0.3, -0.25) is 14.5 Å². The van der Waals surface area contributed by atoms with E-state index in [-0.39, 0.29) is 16.5 Å². The van der Waals surface area contributed by atoms with Crippen LogP contribution in [0.1, 0.15) is 33.5 Å². The molecule has 0 saturated heterocycles. The van der Waals surface area contributed by atoms with E-state index in [2.05, 4.69) is 26.1 Å². The second-order valence-electron chi connectivity index (χ2n) is 8.01. The van der Waals surface area contributed by atoms with Crippen molar-refractivity contribution in [2.24, 2.45) is 0 Å². The van der Waals surface area contributed by atoms with Gasteiger partial charge in [-0.2, -0.15) is 0 Å². The molecular weight excluding hydrogens is 621 g/mol. The molecule has 5 rings (SSSR count). The fourth-order valence-electron chi connectivity index (χ4n) is 3.82. The zero-order valence-electron chi connectivity index (χ0n) is 18.9. The van der Waals surface area contributed by atoms with Gasteiger partial charge in [0.25, 0.3) is 5.91 Å². The Morgan fingerprint density at radius 2 is 1.92 bits per heavy atom. The summed E-state index contributed by atoms with van der Waals surface area (Å²) in [6.07, 6.45) is 0. The van der Waals surface area contributed by atoms with Crippen LogP contribution in [0, 0.1) is 6.92 Å². The second-order valence-corrected chi connectivity index (χ2v) is 11.9. The first kappa shape index (κ1) is 26.0. The van der Waals surface area contributed by atoms with Crippen molar-refractivity contribution in [3.05, 3.63) is 103 Å². The largest absolute Gasteiger partial charge is 0.503 e. The standard InChI is InChI=1S/C25H16BrCl2N3O4S2/c1-12-2-9-18(35-12)21(32)19-20(13-3-6-15(26)7-4-13)31(23(34)22(19)33)24-29-30-25(37-24)36-11-14-5-8-16(27)10-17(14)28/h2-10,20,33H,11H2,1H3. The number of aromatic nitrogens is 2. The normalized spacial score (nSPS) is 15.6. The Bertz CT molecular complexity index is 1550. The zero-order valence-corrected chi connectivity index (χ0v) is 23.7. The van der Waals surface area contributed by atoms with Crippen LogP contribution in [0.3, 0.4) is 0 Å². The molecule has 3 heterocycles. The first-order valence-electron chi connectivity index (χ1n) is 10.8. The monoisotopic (exact) mass is 635 g/mol. The van der Waals surface area contributed by atoms with Gasteiger partial charge in [0.15, 0.2) is 15.9 Å². The van der Waals surface area contributed by atoms with Crippen LogP contribution in [0.5, 0.6) is 0 Å². The molecule has 1 amide bonds. The number of nitrogens with zero attached hydrogens (tertiary/aromatic N) is 3. The lowest BCUT2D eigenvalue weighted by Gasteiger charge is -2.23.